The van der Waals surface area contributed by atoms with Crippen LogP contribution in [0.15, 0.2) is 34.4 Å². The molecule has 0 saturated carbocycles. The third-order valence-corrected chi connectivity index (χ3v) is 5.67. The van der Waals surface area contributed by atoms with Crippen LogP contribution in [0.4, 0.5) is 4.39 Å². The van der Waals surface area contributed by atoms with Gasteiger partial charge in [0.1, 0.15) is 12.4 Å². The van der Waals surface area contributed by atoms with E-state index in [0.29, 0.717) is 32.6 Å². The molecule has 25 heavy (non-hydrogen) atoms. The highest BCUT2D eigenvalue weighted by Crippen LogP contribution is 2.34. The zero-order valence-corrected chi connectivity index (χ0v) is 14.9. The number of rotatable bonds is 5. The fraction of sp³-hybridized carbons (Fsp3) is 0.444. The Kier molecular flexibility index (Phi) is 5.34. The number of amides is 1. The standard InChI is InChI=1S/C18H21FN2O3S/c1-13-11-25-17(23)21(13)10-16(22)20-12-18(5-7-24-8-6-18)14-3-2-4-15(19)9-14/h2-4,9,11H,5-8,10,12H2,1H3,(H,20,22). The average molecular weight is 364 g/mol. The van der Waals surface area contributed by atoms with Crippen molar-refractivity contribution in [3.8, 4) is 0 Å². The molecule has 0 aliphatic carbocycles. The topological polar surface area (TPSA) is 60.3 Å². The molecule has 1 N–H and O–H groups in total. The van der Waals surface area contributed by atoms with Gasteiger partial charge >= 0.3 is 4.87 Å². The molecule has 2 heterocycles. The van der Waals surface area contributed by atoms with Crippen molar-refractivity contribution in [1.29, 1.82) is 0 Å². The fourth-order valence-electron chi connectivity index (χ4n) is 3.21. The molecular formula is C18H21FN2O3S. The molecule has 0 spiro atoms. The number of aryl methyl sites for hydroxylation is 1. The molecule has 134 valence electrons. The lowest BCUT2D eigenvalue weighted by Crippen LogP contribution is -2.45. The second-order valence-electron chi connectivity index (χ2n) is 6.41. The van der Waals surface area contributed by atoms with Crippen LogP contribution in [0.5, 0.6) is 0 Å². The summed E-state index contributed by atoms with van der Waals surface area (Å²) in [4.78, 5) is 23.9. The number of benzene rings is 1. The Morgan fingerprint density at radius 3 is 2.80 bits per heavy atom. The van der Waals surface area contributed by atoms with E-state index in [2.05, 4.69) is 5.32 Å². The molecule has 1 aromatic heterocycles. The van der Waals surface area contributed by atoms with E-state index >= 15 is 0 Å². The Balaban J connectivity index is 1.73. The molecular weight excluding hydrogens is 343 g/mol. The van der Waals surface area contributed by atoms with Crippen LogP contribution in [0, 0.1) is 12.7 Å². The van der Waals surface area contributed by atoms with Gasteiger partial charge in [-0.15, -0.1) is 0 Å². The summed E-state index contributed by atoms with van der Waals surface area (Å²) >= 11 is 1.09. The van der Waals surface area contributed by atoms with Gasteiger partial charge in [-0.2, -0.15) is 0 Å². The first-order valence-electron chi connectivity index (χ1n) is 8.26. The monoisotopic (exact) mass is 364 g/mol. The predicted octanol–water partition coefficient (Wildman–Crippen LogP) is 2.22. The highest BCUT2D eigenvalue weighted by Gasteiger charge is 2.35. The van der Waals surface area contributed by atoms with Crippen LogP contribution in [0.2, 0.25) is 0 Å². The minimum Gasteiger partial charge on any atom is -0.381 e. The molecule has 1 fully saturated rings. The molecule has 1 saturated heterocycles. The van der Waals surface area contributed by atoms with Gasteiger partial charge in [-0.3, -0.25) is 14.2 Å². The lowest BCUT2D eigenvalue weighted by Gasteiger charge is -2.38. The summed E-state index contributed by atoms with van der Waals surface area (Å²) in [5.74, 6) is -0.499. The summed E-state index contributed by atoms with van der Waals surface area (Å²) < 4.78 is 20.6. The smallest absolute Gasteiger partial charge is 0.307 e. The summed E-state index contributed by atoms with van der Waals surface area (Å²) in [5.41, 5.74) is 1.31. The van der Waals surface area contributed by atoms with Crippen molar-refractivity contribution < 1.29 is 13.9 Å². The van der Waals surface area contributed by atoms with Crippen LogP contribution in [-0.2, 0) is 21.5 Å². The van der Waals surface area contributed by atoms with E-state index in [0.717, 1.165) is 22.6 Å². The van der Waals surface area contributed by atoms with E-state index in [-0.39, 0.29) is 28.6 Å². The number of hydrogen-bond acceptors (Lipinski definition) is 4. The lowest BCUT2D eigenvalue weighted by atomic mass is 9.74. The van der Waals surface area contributed by atoms with E-state index in [4.69, 9.17) is 4.74 Å². The fourth-order valence-corrected chi connectivity index (χ4v) is 3.95. The largest absolute Gasteiger partial charge is 0.381 e. The van der Waals surface area contributed by atoms with Gasteiger partial charge < -0.3 is 10.1 Å². The Labute approximate surface area is 149 Å². The lowest BCUT2D eigenvalue weighted by molar-refractivity contribution is -0.122. The molecule has 0 bridgehead atoms. The number of carbonyl (C=O) groups is 1. The Bertz CT molecular complexity index is 809. The van der Waals surface area contributed by atoms with Crippen LogP contribution >= 0.6 is 11.3 Å². The molecule has 0 atom stereocenters. The number of aromatic nitrogens is 1. The molecule has 3 rings (SSSR count). The number of nitrogens with one attached hydrogen (secondary N) is 1. The zero-order chi connectivity index (χ0) is 17.9. The summed E-state index contributed by atoms with van der Waals surface area (Å²) in [6.45, 7) is 3.36. The number of hydrogen-bond donors (Lipinski definition) is 1. The normalized spacial score (nSPS) is 16.6. The maximum absolute atomic E-state index is 13.7. The maximum atomic E-state index is 13.7. The summed E-state index contributed by atoms with van der Waals surface area (Å²) in [5, 5.41) is 4.67. The number of ether oxygens (including phenoxy) is 1. The van der Waals surface area contributed by atoms with Gasteiger partial charge in [-0.1, -0.05) is 23.5 Å². The molecule has 0 unspecified atom stereocenters. The molecule has 0 radical (unpaired) electrons. The predicted molar refractivity (Wildman–Crippen MR) is 94.5 cm³/mol. The Morgan fingerprint density at radius 2 is 2.16 bits per heavy atom. The third-order valence-electron chi connectivity index (χ3n) is 4.79. The van der Waals surface area contributed by atoms with E-state index in [1.54, 1.807) is 18.4 Å². The van der Waals surface area contributed by atoms with Crippen LogP contribution < -0.4 is 10.2 Å². The van der Waals surface area contributed by atoms with Gasteiger partial charge in [0.25, 0.3) is 0 Å². The van der Waals surface area contributed by atoms with E-state index < -0.39 is 0 Å². The van der Waals surface area contributed by atoms with Crippen molar-refractivity contribution in [3.05, 3.63) is 56.4 Å². The number of carbonyl (C=O) groups excluding carboxylic acids is 1. The molecule has 1 aromatic carbocycles. The van der Waals surface area contributed by atoms with Gasteiger partial charge in [0.15, 0.2) is 0 Å². The highest BCUT2D eigenvalue weighted by molar-refractivity contribution is 7.07. The maximum Gasteiger partial charge on any atom is 0.307 e. The van der Waals surface area contributed by atoms with Crippen molar-refractivity contribution in [2.45, 2.75) is 31.7 Å². The van der Waals surface area contributed by atoms with Gasteiger partial charge in [0, 0.05) is 36.2 Å². The highest BCUT2D eigenvalue weighted by atomic mass is 32.1. The molecule has 1 aliphatic rings. The molecule has 5 nitrogen and oxygen atoms in total. The van der Waals surface area contributed by atoms with E-state index in [1.165, 1.54) is 16.7 Å². The first-order chi connectivity index (χ1) is 12.0. The molecule has 1 aliphatic heterocycles. The second kappa shape index (κ2) is 7.49. The minimum absolute atomic E-state index is 0.00387. The SMILES string of the molecule is Cc1csc(=O)n1CC(=O)NCC1(c2cccc(F)c2)CCOCC1. The summed E-state index contributed by atoms with van der Waals surface area (Å²) in [6, 6.07) is 6.54. The molecule has 1 amide bonds. The van der Waals surface area contributed by atoms with E-state index in [1.807, 2.05) is 6.07 Å². The average Bonchev–Trinajstić information content (AvgIpc) is 2.93. The van der Waals surface area contributed by atoms with Crippen molar-refractivity contribution in [1.82, 2.24) is 9.88 Å². The Hall–Kier alpha value is -1.99. The number of thiazole rings is 1. The summed E-state index contributed by atoms with van der Waals surface area (Å²) in [6.07, 6.45) is 1.43. The molecule has 2 aromatic rings. The van der Waals surface area contributed by atoms with Crippen LogP contribution in [0.3, 0.4) is 0 Å². The van der Waals surface area contributed by atoms with Gasteiger partial charge in [-0.25, -0.2) is 4.39 Å². The minimum atomic E-state index is -0.343. The zero-order valence-electron chi connectivity index (χ0n) is 14.1. The van der Waals surface area contributed by atoms with Gasteiger partial charge in [0.2, 0.25) is 5.91 Å². The van der Waals surface area contributed by atoms with Crippen molar-refractivity contribution in [2.24, 2.45) is 0 Å². The first-order valence-corrected chi connectivity index (χ1v) is 9.14. The van der Waals surface area contributed by atoms with Crippen LogP contribution in [0.25, 0.3) is 0 Å². The van der Waals surface area contributed by atoms with E-state index in [9.17, 15) is 14.0 Å². The number of nitrogens with zero attached hydrogens (tertiary/aromatic N) is 1. The quantitative estimate of drug-likeness (QED) is 0.885. The van der Waals surface area contributed by atoms with Gasteiger partial charge in [0.05, 0.1) is 0 Å². The summed E-state index contributed by atoms with van der Waals surface area (Å²) in [7, 11) is 0. The van der Waals surface area contributed by atoms with Gasteiger partial charge in [-0.05, 0) is 37.5 Å². The van der Waals surface area contributed by atoms with Crippen molar-refractivity contribution >= 4 is 17.2 Å². The Morgan fingerprint density at radius 1 is 1.40 bits per heavy atom. The third kappa shape index (κ3) is 3.99. The molecule has 7 heteroatoms. The number of halogens is 1. The van der Waals surface area contributed by atoms with Crippen molar-refractivity contribution in [3.63, 3.8) is 0 Å². The second-order valence-corrected chi connectivity index (χ2v) is 7.23. The first kappa shape index (κ1) is 17.8. The van der Waals surface area contributed by atoms with Crippen LogP contribution in [-0.4, -0.2) is 30.2 Å². The van der Waals surface area contributed by atoms with Crippen LogP contribution in [0.1, 0.15) is 24.1 Å². The van der Waals surface area contributed by atoms with Crippen molar-refractivity contribution in [2.75, 3.05) is 19.8 Å².